The number of fused-ring (bicyclic) bond motifs is 2. The molecule has 208 valence electrons. The fourth-order valence-electron chi connectivity index (χ4n) is 5.42. The van der Waals surface area contributed by atoms with E-state index in [2.05, 4.69) is 150 Å². The predicted octanol–water partition coefficient (Wildman–Crippen LogP) is 5.09. The topological polar surface area (TPSA) is 0 Å². The molecule has 0 saturated carbocycles. The molecule has 41 heavy (non-hydrogen) atoms. The fraction of sp³-hybridized carbons (Fsp3) is 0.211. The van der Waals surface area contributed by atoms with Crippen molar-refractivity contribution in [1.29, 1.82) is 0 Å². The number of halogens is 2. The molecule has 0 aliphatic rings. The van der Waals surface area contributed by atoms with Crippen LogP contribution >= 0.6 is 0 Å². The zero-order valence-corrected chi connectivity index (χ0v) is 28.6. The van der Waals surface area contributed by atoms with Gasteiger partial charge in [-0.05, 0) is 29.4 Å². The maximum Gasteiger partial charge on any atom is 4.00 e. The SMILES string of the molecule is CC(C)c1cc2c(-c3ccccc3)cccc2[cH-]1.Cc1ccc(-c2ccccc2)c2cc(CC(C)C)[cH-]c12.[Cl-].[Cl-].[Zr+4]. The molecular weight excluding hydrogens is 619 g/mol. The molecule has 6 rings (SSSR count). The van der Waals surface area contributed by atoms with Crippen molar-refractivity contribution < 1.29 is 51.0 Å². The summed E-state index contributed by atoms with van der Waals surface area (Å²) in [6.45, 7) is 11.3. The molecule has 0 unspecified atom stereocenters. The molecule has 6 aromatic carbocycles. The van der Waals surface area contributed by atoms with Crippen LogP contribution in [0, 0.1) is 12.8 Å². The molecular formula is C38H38Cl2Zr. The predicted molar refractivity (Wildman–Crippen MR) is 167 cm³/mol. The van der Waals surface area contributed by atoms with Crippen LogP contribution in [0.5, 0.6) is 0 Å². The first kappa shape index (κ1) is 34.8. The van der Waals surface area contributed by atoms with Crippen molar-refractivity contribution in [2.45, 2.75) is 47.0 Å². The summed E-state index contributed by atoms with van der Waals surface area (Å²) < 4.78 is 0. The van der Waals surface area contributed by atoms with Crippen LogP contribution < -0.4 is 24.8 Å². The first-order chi connectivity index (χ1) is 18.4. The van der Waals surface area contributed by atoms with Gasteiger partial charge in [0.05, 0.1) is 0 Å². The molecule has 0 aliphatic heterocycles. The molecule has 0 aromatic heterocycles. The van der Waals surface area contributed by atoms with Crippen LogP contribution in [0.2, 0.25) is 0 Å². The van der Waals surface area contributed by atoms with E-state index < -0.39 is 0 Å². The molecule has 0 aliphatic carbocycles. The van der Waals surface area contributed by atoms with E-state index in [-0.39, 0.29) is 51.0 Å². The zero-order valence-electron chi connectivity index (χ0n) is 24.6. The minimum absolute atomic E-state index is 0. The van der Waals surface area contributed by atoms with Crippen molar-refractivity contribution in [3.05, 3.63) is 132 Å². The second-order valence-electron chi connectivity index (χ2n) is 11.2. The quantitative estimate of drug-likeness (QED) is 0.227. The van der Waals surface area contributed by atoms with Gasteiger partial charge in [-0.3, -0.25) is 0 Å². The van der Waals surface area contributed by atoms with Gasteiger partial charge in [0.2, 0.25) is 0 Å². The zero-order chi connectivity index (χ0) is 26.6. The van der Waals surface area contributed by atoms with Gasteiger partial charge < -0.3 is 24.8 Å². The number of benzene rings is 4. The molecule has 0 N–H and O–H groups in total. The Morgan fingerprint density at radius 1 is 0.610 bits per heavy atom. The van der Waals surface area contributed by atoms with Gasteiger partial charge in [0, 0.05) is 0 Å². The Balaban J connectivity index is 0.000000268. The minimum atomic E-state index is 0. The van der Waals surface area contributed by atoms with Crippen LogP contribution in [-0.2, 0) is 32.6 Å². The molecule has 0 heterocycles. The van der Waals surface area contributed by atoms with E-state index >= 15 is 0 Å². The van der Waals surface area contributed by atoms with E-state index in [9.17, 15) is 0 Å². The Morgan fingerprint density at radius 2 is 1.20 bits per heavy atom. The van der Waals surface area contributed by atoms with Gasteiger partial charge in [0.1, 0.15) is 0 Å². The van der Waals surface area contributed by atoms with Crippen molar-refractivity contribution in [1.82, 2.24) is 0 Å². The molecule has 0 fully saturated rings. The third kappa shape index (κ3) is 8.10. The van der Waals surface area contributed by atoms with E-state index in [1.807, 2.05) is 0 Å². The van der Waals surface area contributed by atoms with Crippen LogP contribution in [0.3, 0.4) is 0 Å². The fourth-order valence-corrected chi connectivity index (χ4v) is 5.42. The van der Waals surface area contributed by atoms with E-state index in [1.165, 1.54) is 60.5 Å². The summed E-state index contributed by atoms with van der Waals surface area (Å²) in [7, 11) is 0. The maximum absolute atomic E-state index is 2.38. The van der Waals surface area contributed by atoms with Gasteiger partial charge in [0.15, 0.2) is 0 Å². The van der Waals surface area contributed by atoms with Crippen molar-refractivity contribution in [3.8, 4) is 22.3 Å². The molecule has 0 spiro atoms. The van der Waals surface area contributed by atoms with Crippen LogP contribution in [-0.4, -0.2) is 0 Å². The Kier molecular flexibility index (Phi) is 13.3. The molecule has 0 bridgehead atoms. The monoisotopic (exact) mass is 654 g/mol. The second-order valence-corrected chi connectivity index (χ2v) is 11.2. The average molecular weight is 657 g/mol. The first-order valence-corrected chi connectivity index (χ1v) is 13.9. The summed E-state index contributed by atoms with van der Waals surface area (Å²) in [5.74, 6) is 1.29. The van der Waals surface area contributed by atoms with E-state index in [0.29, 0.717) is 11.8 Å². The molecule has 0 radical (unpaired) electrons. The normalized spacial score (nSPS) is 10.5. The van der Waals surface area contributed by atoms with Crippen LogP contribution in [0.4, 0.5) is 0 Å². The van der Waals surface area contributed by atoms with Gasteiger partial charge in [0.25, 0.3) is 0 Å². The van der Waals surface area contributed by atoms with Gasteiger partial charge >= 0.3 is 26.2 Å². The summed E-state index contributed by atoms with van der Waals surface area (Å²) in [4.78, 5) is 0. The first-order valence-electron chi connectivity index (χ1n) is 13.9. The molecule has 0 saturated heterocycles. The Morgan fingerprint density at radius 3 is 1.76 bits per heavy atom. The van der Waals surface area contributed by atoms with Crippen molar-refractivity contribution in [2.75, 3.05) is 0 Å². The van der Waals surface area contributed by atoms with Crippen LogP contribution in [0.1, 0.15) is 50.3 Å². The third-order valence-corrected chi connectivity index (χ3v) is 7.42. The standard InChI is InChI=1S/C20H21.C18H17.2ClH.Zr/c1-14(2)11-16-12-19-15(3)9-10-18(20(19)13-16)17-7-5-4-6-8-17;1-13(2)16-11-15-9-6-10-17(18(15)12-16)14-7-4-3-5-8-14;;;/h4-10,12-14H,11H2,1-3H3;3-13H,1-2H3;2*1H;/q2*-1;;;+4/p-2. The van der Waals surface area contributed by atoms with Crippen molar-refractivity contribution in [3.63, 3.8) is 0 Å². The number of rotatable bonds is 5. The largest absolute Gasteiger partial charge is 4.00 e. The Hall–Kier alpha value is -2.44. The van der Waals surface area contributed by atoms with Gasteiger partial charge in [-0.25, -0.2) is 0 Å². The number of hydrogen-bond acceptors (Lipinski definition) is 0. The number of aryl methyl sites for hydroxylation is 1. The van der Waals surface area contributed by atoms with Crippen molar-refractivity contribution in [2.24, 2.45) is 5.92 Å². The summed E-state index contributed by atoms with van der Waals surface area (Å²) in [6.07, 6.45) is 1.16. The molecule has 0 nitrogen and oxygen atoms in total. The minimum Gasteiger partial charge on any atom is -1.00 e. The summed E-state index contributed by atoms with van der Waals surface area (Å²) in [6, 6.07) is 41.7. The Labute approximate surface area is 277 Å². The smallest absolute Gasteiger partial charge is 1.00 e. The second kappa shape index (κ2) is 15.7. The summed E-state index contributed by atoms with van der Waals surface area (Å²) in [5, 5.41) is 5.52. The van der Waals surface area contributed by atoms with E-state index in [1.54, 1.807) is 0 Å². The third-order valence-electron chi connectivity index (χ3n) is 7.42. The van der Waals surface area contributed by atoms with E-state index in [0.717, 1.165) is 6.42 Å². The van der Waals surface area contributed by atoms with Gasteiger partial charge in [-0.15, -0.1) is 68.6 Å². The van der Waals surface area contributed by atoms with Gasteiger partial charge in [-0.1, -0.05) is 119 Å². The molecule has 6 aromatic rings. The molecule has 3 heteroatoms. The average Bonchev–Trinajstić information content (AvgIpc) is 3.55. The Bertz CT molecular complexity index is 1640. The van der Waals surface area contributed by atoms with Crippen LogP contribution in [0.25, 0.3) is 43.8 Å². The maximum atomic E-state index is 2.38. The molecule has 0 amide bonds. The number of hydrogen-bond donors (Lipinski definition) is 0. The van der Waals surface area contributed by atoms with E-state index in [4.69, 9.17) is 0 Å². The van der Waals surface area contributed by atoms with Crippen molar-refractivity contribution >= 4 is 21.5 Å². The van der Waals surface area contributed by atoms with Gasteiger partial charge in [-0.2, -0.15) is 12.1 Å². The van der Waals surface area contributed by atoms with Crippen LogP contribution in [0.15, 0.2) is 115 Å². The summed E-state index contributed by atoms with van der Waals surface area (Å²) >= 11 is 0. The summed E-state index contributed by atoms with van der Waals surface area (Å²) in [5.41, 5.74) is 9.54. The molecule has 0 atom stereocenters.